The summed E-state index contributed by atoms with van der Waals surface area (Å²) in [4.78, 5) is 5.43. The van der Waals surface area contributed by atoms with E-state index < -0.39 is 16.2 Å². The van der Waals surface area contributed by atoms with Gasteiger partial charge in [0.1, 0.15) is 0 Å². The molecule has 0 amide bonds. The van der Waals surface area contributed by atoms with Gasteiger partial charge in [-0.25, -0.2) is 0 Å². The Bertz CT molecular complexity index is 793. The minimum absolute atomic E-state index is 0.0671. The summed E-state index contributed by atoms with van der Waals surface area (Å²) in [5, 5.41) is 12.5. The zero-order valence-electron chi connectivity index (χ0n) is 15.9. The summed E-state index contributed by atoms with van der Waals surface area (Å²) in [7, 11) is -2.75. The molecule has 3 aromatic rings. The van der Waals surface area contributed by atoms with Gasteiger partial charge in [-0.05, 0) is 26.8 Å². The maximum absolute atomic E-state index is 10.4. The van der Waals surface area contributed by atoms with Crippen LogP contribution in [0.25, 0.3) is 0 Å². The monoisotopic (exact) mass is 375 g/mol. The van der Waals surface area contributed by atoms with E-state index in [0.29, 0.717) is 5.46 Å². The molecule has 3 rings (SSSR count). The molecule has 0 heterocycles. The van der Waals surface area contributed by atoms with Crippen molar-refractivity contribution in [2.75, 3.05) is 0 Å². The van der Waals surface area contributed by atoms with Gasteiger partial charge in [-0.1, -0.05) is 106 Å². The average molecular weight is 375 g/mol. The quantitative estimate of drug-likeness (QED) is 0.409. The Hall–Kier alpha value is -2.18. The zero-order chi connectivity index (χ0) is 19.3. The SMILES string of the molecule is CC(C)(C)c1ccc(B(O)OO[Si](c2ccccc2)c2ccccc2)cc1. The molecule has 0 atom stereocenters. The highest BCUT2D eigenvalue weighted by Gasteiger charge is 2.26. The van der Waals surface area contributed by atoms with E-state index in [0.717, 1.165) is 10.4 Å². The van der Waals surface area contributed by atoms with Gasteiger partial charge in [-0.15, -0.1) is 0 Å². The average Bonchev–Trinajstić information content (AvgIpc) is 2.69. The Morgan fingerprint density at radius 2 is 1.22 bits per heavy atom. The second-order valence-corrected chi connectivity index (χ2v) is 9.44. The molecule has 3 aromatic carbocycles. The van der Waals surface area contributed by atoms with Crippen LogP contribution in [0.5, 0.6) is 0 Å². The molecule has 1 radical (unpaired) electrons. The largest absolute Gasteiger partial charge is 0.521 e. The lowest BCUT2D eigenvalue weighted by Crippen LogP contribution is -2.47. The highest BCUT2D eigenvalue weighted by Crippen LogP contribution is 2.20. The highest BCUT2D eigenvalue weighted by molar-refractivity contribution is 6.80. The van der Waals surface area contributed by atoms with Crippen molar-refractivity contribution in [3.05, 3.63) is 90.5 Å². The van der Waals surface area contributed by atoms with Crippen molar-refractivity contribution in [1.82, 2.24) is 0 Å². The Kier molecular flexibility index (Phi) is 6.29. The molecule has 1 N–H and O–H groups in total. The Morgan fingerprint density at radius 3 is 1.67 bits per heavy atom. The fraction of sp³-hybridized carbons (Fsp3) is 0.182. The molecule has 0 unspecified atom stereocenters. The van der Waals surface area contributed by atoms with E-state index in [1.54, 1.807) is 0 Å². The number of hydrogen-bond donors (Lipinski definition) is 1. The first-order chi connectivity index (χ1) is 12.9. The summed E-state index contributed by atoms with van der Waals surface area (Å²) in [6, 6.07) is 27.8. The molecule has 0 spiro atoms. The molecule has 0 saturated heterocycles. The van der Waals surface area contributed by atoms with Gasteiger partial charge in [0.2, 0.25) is 0 Å². The summed E-state index contributed by atoms with van der Waals surface area (Å²) in [6.07, 6.45) is 0. The number of rotatable bonds is 6. The summed E-state index contributed by atoms with van der Waals surface area (Å²) in [6.45, 7) is 6.48. The lowest BCUT2D eigenvalue weighted by atomic mass is 9.78. The summed E-state index contributed by atoms with van der Waals surface area (Å²) < 4.78 is 5.78. The predicted molar refractivity (Wildman–Crippen MR) is 113 cm³/mol. The van der Waals surface area contributed by atoms with E-state index >= 15 is 0 Å². The van der Waals surface area contributed by atoms with Gasteiger partial charge >= 0.3 is 16.2 Å². The molecule has 27 heavy (non-hydrogen) atoms. The van der Waals surface area contributed by atoms with Crippen LogP contribution in [0.2, 0.25) is 0 Å². The van der Waals surface area contributed by atoms with Gasteiger partial charge in [-0.2, -0.15) is 0 Å². The van der Waals surface area contributed by atoms with Crippen LogP contribution >= 0.6 is 0 Å². The van der Waals surface area contributed by atoms with E-state index in [2.05, 4.69) is 20.8 Å². The lowest BCUT2D eigenvalue weighted by molar-refractivity contribution is -0.118. The molecule has 0 aliphatic heterocycles. The molecule has 0 saturated carbocycles. The van der Waals surface area contributed by atoms with Crippen LogP contribution in [0.15, 0.2) is 84.9 Å². The molecule has 0 aromatic heterocycles. The second kappa shape index (κ2) is 8.67. The van der Waals surface area contributed by atoms with E-state index in [9.17, 15) is 5.02 Å². The van der Waals surface area contributed by atoms with Gasteiger partial charge in [0.15, 0.2) is 0 Å². The summed E-state index contributed by atoms with van der Waals surface area (Å²) in [5.41, 5.74) is 1.95. The van der Waals surface area contributed by atoms with Gasteiger partial charge in [0.25, 0.3) is 0 Å². The molecular weight excluding hydrogens is 351 g/mol. The number of benzene rings is 3. The third-order valence-electron chi connectivity index (χ3n) is 4.36. The van der Waals surface area contributed by atoms with Crippen molar-refractivity contribution in [2.24, 2.45) is 0 Å². The highest BCUT2D eigenvalue weighted by atomic mass is 28.3. The fourth-order valence-corrected chi connectivity index (χ4v) is 4.44. The number of hydrogen-bond acceptors (Lipinski definition) is 3. The van der Waals surface area contributed by atoms with Gasteiger partial charge in [0.05, 0.1) is 0 Å². The van der Waals surface area contributed by atoms with Crippen molar-refractivity contribution < 1.29 is 14.4 Å². The van der Waals surface area contributed by atoms with Crippen LogP contribution in [0.1, 0.15) is 26.3 Å². The van der Waals surface area contributed by atoms with Crippen LogP contribution in [0.4, 0.5) is 0 Å². The Balaban J connectivity index is 1.73. The van der Waals surface area contributed by atoms with Crippen LogP contribution in [-0.2, 0) is 14.8 Å². The van der Waals surface area contributed by atoms with Crippen molar-refractivity contribution in [3.63, 3.8) is 0 Å². The summed E-state index contributed by atoms with van der Waals surface area (Å²) >= 11 is 0. The molecular formula is C22H24BO3Si. The van der Waals surface area contributed by atoms with Crippen molar-refractivity contribution >= 4 is 32.0 Å². The topological polar surface area (TPSA) is 38.7 Å². The van der Waals surface area contributed by atoms with Crippen molar-refractivity contribution in [2.45, 2.75) is 26.2 Å². The maximum Gasteiger partial charge on any atom is 0.521 e. The third kappa shape index (κ3) is 5.17. The minimum Gasteiger partial charge on any atom is -0.422 e. The molecule has 137 valence electrons. The van der Waals surface area contributed by atoms with Crippen LogP contribution < -0.4 is 15.8 Å². The molecule has 0 bridgehead atoms. The molecule has 5 heteroatoms. The normalized spacial score (nSPS) is 11.6. The van der Waals surface area contributed by atoms with E-state index in [-0.39, 0.29) is 5.41 Å². The van der Waals surface area contributed by atoms with Gasteiger partial charge in [-0.3, -0.25) is 9.38 Å². The van der Waals surface area contributed by atoms with Crippen LogP contribution in [0.3, 0.4) is 0 Å². The standard InChI is InChI=1S/C22H24BO3Si/c1-22(2,3)18-14-16-19(17-15-18)23(24)25-26-27(20-10-6-4-7-11-20)21-12-8-5-9-13-21/h4-17,24H,1-3H3. The first kappa shape index (κ1) is 19.6. The van der Waals surface area contributed by atoms with Crippen molar-refractivity contribution in [3.8, 4) is 0 Å². The molecule has 0 aliphatic rings. The zero-order valence-corrected chi connectivity index (χ0v) is 16.9. The molecule has 3 nitrogen and oxygen atoms in total. The van der Waals surface area contributed by atoms with Crippen LogP contribution in [0, 0.1) is 0 Å². The first-order valence-electron chi connectivity index (χ1n) is 9.05. The van der Waals surface area contributed by atoms with Gasteiger partial charge in [0, 0.05) is 0 Å². The van der Waals surface area contributed by atoms with Gasteiger partial charge < -0.3 is 5.02 Å². The Labute approximate surface area is 163 Å². The minimum atomic E-state index is -1.62. The summed E-state index contributed by atoms with van der Waals surface area (Å²) in [5.74, 6) is 0. The molecule has 0 fully saturated rings. The molecule has 0 aliphatic carbocycles. The van der Waals surface area contributed by atoms with E-state index in [1.807, 2.05) is 84.9 Å². The van der Waals surface area contributed by atoms with E-state index in [4.69, 9.17) is 9.38 Å². The third-order valence-corrected chi connectivity index (χ3v) is 6.33. The fourth-order valence-electron chi connectivity index (χ4n) is 2.74. The van der Waals surface area contributed by atoms with E-state index in [1.165, 1.54) is 5.56 Å². The second-order valence-electron chi connectivity index (χ2n) is 7.47. The lowest BCUT2D eigenvalue weighted by Gasteiger charge is -2.20. The Morgan fingerprint density at radius 1 is 0.741 bits per heavy atom. The van der Waals surface area contributed by atoms with Crippen molar-refractivity contribution in [1.29, 1.82) is 0 Å². The van der Waals surface area contributed by atoms with Crippen LogP contribution in [-0.4, -0.2) is 21.2 Å². The first-order valence-corrected chi connectivity index (χ1v) is 10.5. The smallest absolute Gasteiger partial charge is 0.422 e. The maximum atomic E-state index is 10.4. The predicted octanol–water partition coefficient (Wildman–Crippen LogP) is 2.43.